The summed E-state index contributed by atoms with van der Waals surface area (Å²) in [5, 5.41) is 2.65. The average molecular weight is 388 g/mol. The van der Waals surface area contributed by atoms with Crippen LogP contribution in [0.25, 0.3) is 0 Å². The van der Waals surface area contributed by atoms with Crippen molar-refractivity contribution in [3.05, 3.63) is 21.4 Å². The van der Waals surface area contributed by atoms with Crippen molar-refractivity contribution in [2.24, 2.45) is 0 Å². The van der Waals surface area contributed by atoms with Crippen LogP contribution in [0.1, 0.15) is 53.7 Å². The summed E-state index contributed by atoms with van der Waals surface area (Å²) in [4.78, 5) is 26.1. The molecule has 1 aliphatic rings. The lowest BCUT2D eigenvalue weighted by Crippen LogP contribution is -2.42. The van der Waals surface area contributed by atoms with Crippen molar-refractivity contribution in [1.82, 2.24) is 5.32 Å². The molecule has 1 aromatic heterocycles. The van der Waals surface area contributed by atoms with Crippen LogP contribution in [-0.4, -0.2) is 43.9 Å². The summed E-state index contributed by atoms with van der Waals surface area (Å²) in [7, 11) is -3.06. The van der Waals surface area contributed by atoms with Crippen molar-refractivity contribution in [3.8, 4) is 0 Å². The molecule has 2 rings (SSSR count). The highest BCUT2D eigenvalue weighted by Crippen LogP contribution is 2.25. The lowest BCUT2D eigenvalue weighted by Gasteiger charge is -2.16. The first-order valence-electron chi connectivity index (χ1n) is 8.59. The van der Waals surface area contributed by atoms with Gasteiger partial charge in [-0.3, -0.25) is 4.79 Å². The highest BCUT2D eigenvalue weighted by molar-refractivity contribution is 7.91. The SMILES string of the molecule is CCCc1sc(C(=O)O[C@H](C)C(=O)N[C@H]2CCS(=O)(=O)C2)cc1CC. The first kappa shape index (κ1) is 19.9. The summed E-state index contributed by atoms with van der Waals surface area (Å²) < 4.78 is 28.1. The van der Waals surface area contributed by atoms with Gasteiger partial charge in [-0.2, -0.15) is 0 Å². The Morgan fingerprint density at radius 2 is 2.12 bits per heavy atom. The van der Waals surface area contributed by atoms with E-state index in [0.29, 0.717) is 11.3 Å². The van der Waals surface area contributed by atoms with Gasteiger partial charge in [-0.05, 0) is 37.8 Å². The number of thiophene rings is 1. The van der Waals surface area contributed by atoms with Gasteiger partial charge in [0, 0.05) is 10.9 Å². The molecule has 0 unspecified atom stereocenters. The Kier molecular flexibility index (Phi) is 6.62. The maximum absolute atomic E-state index is 12.3. The Labute approximate surface area is 152 Å². The number of carbonyl (C=O) groups excluding carboxylic acids is 2. The van der Waals surface area contributed by atoms with Crippen LogP contribution < -0.4 is 5.32 Å². The highest BCUT2D eigenvalue weighted by Gasteiger charge is 2.31. The Morgan fingerprint density at radius 1 is 1.40 bits per heavy atom. The van der Waals surface area contributed by atoms with E-state index in [-0.39, 0.29) is 11.5 Å². The van der Waals surface area contributed by atoms with E-state index in [0.717, 1.165) is 24.8 Å². The van der Waals surface area contributed by atoms with E-state index in [4.69, 9.17) is 4.74 Å². The molecular formula is C17H25NO5S2. The van der Waals surface area contributed by atoms with E-state index in [1.807, 2.05) is 13.0 Å². The van der Waals surface area contributed by atoms with E-state index >= 15 is 0 Å². The van der Waals surface area contributed by atoms with Gasteiger partial charge in [0.15, 0.2) is 15.9 Å². The van der Waals surface area contributed by atoms with E-state index in [9.17, 15) is 18.0 Å². The number of rotatable bonds is 7. The summed E-state index contributed by atoms with van der Waals surface area (Å²) in [6.07, 6.45) is 2.22. The number of hydrogen-bond donors (Lipinski definition) is 1. The van der Waals surface area contributed by atoms with E-state index < -0.39 is 33.9 Å². The number of carbonyl (C=O) groups is 2. The summed E-state index contributed by atoms with van der Waals surface area (Å²) in [5.41, 5.74) is 1.15. The van der Waals surface area contributed by atoms with Crippen LogP contribution in [-0.2, 0) is 32.2 Å². The average Bonchev–Trinajstić information content (AvgIpc) is 3.10. The second-order valence-electron chi connectivity index (χ2n) is 6.32. The topological polar surface area (TPSA) is 89.5 Å². The van der Waals surface area contributed by atoms with Crippen molar-refractivity contribution >= 4 is 33.1 Å². The molecule has 25 heavy (non-hydrogen) atoms. The van der Waals surface area contributed by atoms with E-state index in [2.05, 4.69) is 12.2 Å². The molecule has 8 heteroatoms. The van der Waals surface area contributed by atoms with Crippen LogP contribution in [0.3, 0.4) is 0 Å². The number of aryl methyl sites for hydroxylation is 2. The first-order valence-corrected chi connectivity index (χ1v) is 11.2. The number of esters is 1. The van der Waals surface area contributed by atoms with Gasteiger partial charge in [0.1, 0.15) is 4.88 Å². The van der Waals surface area contributed by atoms with Crippen LogP contribution >= 0.6 is 11.3 Å². The lowest BCUT2D eigenvalue weighted by molar-refractivity contribution is -0.129. The van der Waals surface area contributed by atoms with Crippen LogP contribution in [0.4, 0.5) is 0 Å². The standard InChI is InChI=1S/C17H25NO5S2/c1-4-6-14-12(5-2)9-15(24-14)17(20)23-11(3)16(19)18-13-7-8-25(21,22)10-13/h9,11,13H,4-8,10H2,1-3H3,(H,18,19)/t11-,13+/m1/s1. The molecule has 0 aliphatic carbocycles. The molecule has 0 bridgehead atoms. The third-order valence-corrected chi connectivity index (χ3v) is 7.17. The molecule has 1 N–H and O–H groups in total. The van der Waals surface area contributed by atoms with Crippen molar-refractivity contribution in [2.75, 3.05) is 11.5 Å². The minimum absolute atomic E-state index is 0.0510. The Bertz CT molecular complexity index is 738. The molecule has 0 aromatic carbocycles. The van der Waals surface area contributed by atoms with Crippen molar-refractivity contribution in [2.45, 2.75) is 58.6 Å². The minimum atomic E-state index is -3.06. The van der Waals surface area contributed by atoms with Crippen LogP contribution in [0.5, 0.6) is 0 Å². The Morgan fingerprint density at radius 3 is 2.68 bits per heavy atom. The monoisotopic (exact) mass is 387 g/mol. The predicted octanol–water partition coefficient (Wildman–Crippen LogP) is 2.11. The summed E-state index contributed by atoms with van der Waals surface area (Å²) in [6.45, 7) is 5.63. The molecule has 1 saturated heterocycles. The third-order valence-electron chi connectivity index (χ3n) is 4.19. The smallest absolute Gasteiger partial charge is 0.349 e. The Hall–Kier alpha value is -1.41. The second-order valence-corrected chi connectivity index (χ2v) is 9.68. The van der Waals surface area contributed by atoms with Gasteiger partial charge >= 0.3 is 5.97 Å². The molecule has 1 aliphatic heterocycles. The minimum Gasteiger partial charge on any atom is -0.448 e. The first-order chi connectivity index (χ1) is 11.8. The van der Waals surface area contributed by atoms with Crippen LogP contribution in [0.15, 0.2) is 6.07 Å². The molecule has 2 heterocycles. The van der Waals surface area contributed by atoms with Gasteiger partial charge in [0.05, 0.1) is 11.5 Å². The summed E-state index contributed by atoms with van der Waals surface area (Å²) in [6, 6.07) is 1.44. The number of ether oxygens (including phenoxy) is 1. The molecule has 0 radical (unpaired) electrons. The highest BCUT2D eigenvalue weighted by atomic mass is 32.2. The quantitative estimate of drug-likeness (QED) is 0.724. The molecule has 1 amide bonds. The van der Waals surface area contributed by atoms with Gasteiger partial charge < -0.3 is 10.1 Å². The van der Waals surface area contributed by atoms with Crippen LogP contribution in [0.2, 0.25) is 0 Å². The Balaban J connectivity index is 1.94. The van der Waals surface area contributed by atoms with E-state index in [1.165, 1.54) is 23.1 Å². The zero-order valence-electron chi connectivity index (χ0n) is 14.8. The zero-order chi connectivity index (χ0) is 18.6. The van der Waals surface area contributed by atoms with Gasteiger partial charge in [-0.15, -0.1) is 11.3 Å². The molecule has 1 aromatic rings. The van der Waals surface area contributed by atoms with Gasteiger partial charge in [-0.25, -0.2) is 13.2 Å². The molecule has 140 valence electrons. The van der Waals surface area contributed by atoms with Crippen LogP contribution in [0, 0.1) is 0 Å². The maximum Gasteiger partial charge on any atom is 0.349 e. The van der Waals surface area contributed by atoms with E-state index in [1.54, 1.807) is 0 Å². The number of sulfone groups is 1. The van der Waals surface area contributed by atoms with Crippen molar-refractivity contribution in [1.29, 1.82) is 0 Å². The number of hydrogen-bond acceptors (Lipinski definition) is 6. The molecule has 6 nitrogen and oxygen atoms in total. The molecule has 0 spiro atoms. The fraction of sp³-hybridized carbons (Fsp3) is 0.647. The number of nitrogens with one attached hydrogen (secondary N) is 1. The van der Waals surface area contributed by atoms with Gasteiger partial charge in [0.25, 0.3) is 5.91 Å². The second kappa shape index (κ2) is 8.31. The molecular weight excluding hydrogens is 362 g/mol. The normalized spacial score (nSPS) is 20.2. The number of amides is 1. The van der Waals surface area contributed by atoms with Crippen molar-refractivity contribution < 1.29 is 22.7 Å². The summed E-state index contributed by atoms with van der Waals surface area (Å²) >= 11 is 1.42. The fourth-order valence-corrected chi connectivity index (χ4v) is 5.72. The largest absolute Gasteiger partial charge is 0.448 e. The van der Waals surface area contributed by atoms with Crippen molar-refractivity contribution in [3.63, 3.8) is 0 Å². The predicted molar refractivity (Wildman–Crippen MR) is 97.8 cm³/mol. The third kappa shape index (κ3) is 5.28. The molecule has 1 fully saturated rings. The fourth-order valence-electron chi connectivity index (χ4n) is 2.80. The zero-order valence-corrected chi connectivity index (χ0v) is 16.5. The molecule has 0 saturated carbocycles. The maximum atomic E-state index is 12.3. The van der Waals surface area contributed by atoms with Gasteiger partial charge in [0.2, 0.25) is 0 Å². The molecule has 2 atom stereocenters. The lowest BCUT2D eigenvalue weighted by atomic mass is 10.1. The summed E-state index contributed by atoms with van der Waals surface area (Å²) in [5.74, 6) is -0.938. The van der Waals surface area contributed by atoms with Gasteiger partial charge in [-0.1, -0.05) is 20.3 Å².